The Balaban J connectivity index is 1.34. The Morgan fingerprint density at radius 2 is 2.04 bits per heavy atom. The molecule has 0 saturated heterocycles. The molecule has 2 heterocycles. The van der Waals surface area contributed by atoms with E-state index in [2.05, 4.69) is 20.5 Å². The quantitative estimate of drug-likeness (QED) is 0.686. The molecule has 7 nitrogen and oxygen atoms in total. The summed E-state index contributed by atoms with van der Waals surface area (Å²) >= 11 is 1.36. The number of anilines is 1. The molecule has 27 heavy (non-hydrogen) atoms. The lowest BCUT2D eigenvalue weighted by Gasteiger charge is -2.16. The third kappa shape index (κ3) is 4.06. The molecule has 2 N–H and O–H groups in total. The smallest absolute Gasteiger partial charge is 0.264 e. The standard InChI is InChI=1S/C19H19N5O2S/c1-24(19(26)15-3-2-10-27-15)11-16(25)20-14-8-6-13(7-9-14)18-21-17(22-23-18)12-4-5-12/h2-3,6-10,12H,4-5,11H2,1H3,(H,20,25)(H,21,22,23). The van der Waals surface area contributed by atoms with Crippen LogP contribution in [0.4, 0.5) is 5.69 Å². The van der Waals surface area contributed by atoms with Gasteiger partial charge in [0.05, 0.1) is 11.4 Å². The summed E-state index contributed by atoms with van der Waals surface area (Å²) in [6.07, 6.45) is 2.34. The van der Waals surface area contributed by atoms with Crippen molar-refractivity contribution in [1.29, 1.82) is 0 Å². The normalized spacial score (nSPS) is 13.4. The maximum absolute atomic E-state index is 12.2. The van der Waals surface area contributed by atoms with Gasteiger partial charge in [-0.2, -0.15) is 5.10 Å². The number of carbonyl (C=O) groups is 2. The minimum absolute atomic E-state index is 0.00977. The Kier molecular flexibility index (Phi) is 4.72. The molecule has 1 fully saturated rings. The lowest BCUT2D eigenvalue weighted by molar-refractivity contribution is -0.116. The van der Waals surface area contributed by atoms with Crippen molar-refractivity contribution in [2.24, 2.45) is 0 Å². The number of aromatic nitrogens is 3. The Bertz CT molecular complexity index is 945. The molecule has 4 rings (SSSR count). The second-order valence-corrected chi connectivity index (χ2v) is 7.53. The third-order valence-corrected chi connectivity index (χ3v) is 5.21. The SMILES string of the molecule is CN(CC(=O)Nc1ccc(-c2n[nH]c(C3CC3)n2)cc1)C(=O)c1cccs1. The van der Waals surface area contributed by atoms with E-state index in [1.54, 1.807) is 13.1 Å². The average Bonchev–Trinajstić information content (AvgIpc) is 3.17. The number of aromatic amines is 1. The van der Waals surface area contributed by atoms with E-state index in [4.69, 9.17) is 0 Å². The predicted octanol–water partition coefficient (Wildman–Crippen LogP) is 3.12. The minimum atomic E-state index is -0.246. The molecule has 0 aliphatic heterocycles. The van der Waals surface area contributed by atoms with Crippen molar-refractivity contribution in [2.45, 2.75) is 18.8 Å². The summed E-state index contributed by atoms with van der Waals surface area (Å²) in [6.45, 7) is -0.00977. The number of hydrogen-bond acceptors (Lipinski definition) is 5. The zero-order chi connectivity index (χ0) is 18.8. The summed E-state index contributed by atoms with van der Waals surface area (Å²) < 4.78 is 0. The van der Waals surface area contributed by atoms with E-state index in [1.807, 2.05) is 35.7 Å². The summed E-state index contributed by atoms with van der Waals surface area (Å²) in [5.41, 5.74) is 1.56. The largest absolute Gasteiger partial charge is 0.332 e. The molecule has 1 saturated carbocycles. The van der Waals surface area contributed by atoms with Crippen molar-refractivity contribution in [1.82, 2.24) is 20.1 Å². The highest BCUT2D eigenvalue weighted by Gasteiger charge is 2.27. The van der Waals surface area contributed by atoms with E-state index in [0.29, 0.717) is 22.3 Å². The maximum atomic E-state index is 12.2. The fourth-order valence-electron chi connectivity index (χ4n) is 2.72. The molecule has 0 radical (unpaired) electrons. The minimum Gasteiger partial charge on any atom is -0.332 e. The summed E-state index contributed by atoms with van der Waals surface area (Å²) in [5.74, 6) is 1.73. The van der Waals surface area contributed by atoms with Crippen molar-refractivity contribution in [3.05, 3.63) is 52.5 Å². The molecule has 2 amide bonds. The zero-order valence-corrected chi connectivity index (χ0v) is 15.6. The van der Waals surface area contributed by atoms with Gasteiger partial charge in [0.15, 0.2) is 5.82 Å². The Hall–Kier alpha value is -3.00. The number of rotatable bonds is 6. The van der Waals surface area contributed by atoms with Gasteiger partial charge in [-0.25, -0.2) is 4.98 Å². The number of amides is 2. The third-order valence-electron chi connectivity index (χ3n) is 4.35. The molecule has 2 aromatic heterocycles. The van der Waals surface area contributed by atoms with Gasteiger partial charge in [-0.1, -0.05) is 6.07 Å². The first kappa shape index (κ1) is 17.4. The van der Waals surface area contributed by atoms with Crippen molar-refractivity contribution >= 4 is 28.8 Å². The van der Waals surface area contributed by atoms with Gasteiger partial charge in [-0.05, 0) is 48.6 Å². The van der Waals surface area contributed by atoms with Gasteiger partial charge in [0, 0.05) is 24.2 Å². The number of benzene rings is 1. The van der Waals surface area contributed by atoms with Gasteiger partial charge < -0.3 is 10.2 Å². The van der Waals surface area contributed by atoms with E-state index >= 15 is 0 Å². The first-order chi connectivity index (χ1) is 13.1. The van der Waals surface area contributed by atoms with Gasteiger partial charge in [-0.3, -0.25) is 14.7 Å². The Morgan fingerprint density at radius 1 is 1.26 bits per heavy atom. The molecule has 1 aliphatic rings. The van der Waals surface area contributed by atoms with Crippen LogP contribution in [0.15, 0.2) is 41.8 Å². The highest BCUT2D eigenvalue weighted by molar-refractivity contribution is 7.12. The van der Waals surface area contributed by atoms with Crippen LogP contribution in [0.1, 0.15) is 34.3 Å². The number of likely N-dealkylation sites (N-methyl/N-ethyl adjacent to an activating group) is 1. The zero-order valence-electron chi connectivity index (χ0n) is 14.8. The molecule has 0 atom stereocenters. The maximum Gasteiger partial charge on any atom is 0.264 e. The van der Waals surface area contributed by atoms with Crippen LogP contribution in [0, 0.1) is 0 Å². The van der Waals surface area contributed by atoms with Crippen LogP contribution in [-0.4, -0.2) is 45.5 Å². The summed E-state index contributed by atoms with van der Waals surface area (Å²) in [7, 11) is 1.62. The molecule has 1 aliphatic carbocycles. The first-order valence-corrected chi connectivity index (χ1v) is 9.59. The molecule has 138 valence electrons. The first-order valence-electron chi connectivity index (χ1n) is 8.71. The summed E-state index contributed by atoms with van der Waals surface area (Å²) in [5, 5.41) is 11.9. The summed E-state index contributed by atoms with van der Waals surface area (Å²) in [4.78, 5) is 30.9. The van der Waals surface area contributed by atoms with Gasteiger partial charge >= 0.3 is 0 Å². The lowest BCUT2D eigenvalue weighted by atomic mass is 10.2. The summed E-state index contributed by atoms with van der Waals surface area (Å²) in [6, 6.07) is 10.9. The monoisotopic (exact) mass is 381 g/mol. The van der Waals surface area contributed by atoms with Gasteiger partial charge in [0.1, 0.15) is 5.82 Å². The molecule has 0 spiro atoms. The fourth-order valence-corrected chi connectivity index (χ4v) is 3.44. The highest BCUT2D eigenvalue weighted by Crippen LogP contribution is 2.38. The molecular weight excluding hydrogens is 362 g/mol. The predicted molar refractivity (Wildman–Crippen MR) is 104 cm³/mol. The second kappa shape index (κ2) is 7.32. The van der Waals surface area contributed by atoms with Crippen LogP contribution >= 0.6 is 11.3 Å². The topological polar surface area (TPSA) is 91.0 Å². The number of hydrogen-bond donors (Lipinski definition) is 2. The van der Waals surface area contributed by atoms with Crippen LogP contribution in [0.2, 0.25) is 0 Å². The second-order valence-electron chi connectivity index (χ2n) is 6.58. The Morgan fingerprint density at radius 3 is 2.70 bits per heavy atom. The van der Waals surface area contributed by atoms with Gasteiger partial charge in [-0.15, -0.1) is 11.3 Å². The number of thiophene rings is 1. The van der Waals surface area contributed by atoms with E-state index in [-0.39, 0.29) is 18.4 Å². The Labute approximate surface area is 160 Å². The average molecular weight is 381 g/mol. The van der Waals surface area contributed by atoms with Crippen molar-refractivity contribution in [2.75, 3.05) is 18.9 Å². The molecule has 1 aromatic carbocycles. The number of nitrogens with one attached hydrogen (secondary N) is 2. The number of carbonyl (C=O) groups excluding carboxylic acids is 2. The van der Waals surface area contributed by atoms with E-state index < -0.39 is 0 Å². The molecule has 3 aromatic rings. The van der Waals surface area contributed by atoms with Crippen molar-refractivity contribution in [3.63, 3.8) is 0 Å². The van der Waals surface area contributed by atoms with Crippen LogP contribution in [-0.2, 0) is 4.79 Å². The molecular formula is C19H19N5O2S. The number of H-pyrrole nitrogens is 1. The van der Waals surface area contributed by atoms with Crippen LogP contribution in [0.25, 0.3) is 11.4 Å². The van der Waals surface area contributed by atoms with Gasteiger partial charge in [0.25, 0.3) is 5.91 Å². The lowest BCUT2D eigenvalue weighted by Crippen LogP contribution is -2.34. The van der Waals surface area contributed by atoms with Gasteiger partial charge in [0.2, 0.25) is 5.91 Å². The fraction of sp³-hybridized carbons (Fsp3) is 0.263. The van der Waals surface area contributed by atoms with Crippen LogP contribution in [0.3, 0.4) is 0 Å². The van der Waals surface area contributed by atoms with Crippen molar-refractivity contribution in [3.8, 4) is 11.4 Å². The number of nitrogens with zero attached hydrogens (tertiary/aromatic N) is 3. The van der Waals surface area contributed by atoms with Crippen molar-refractivity contribution < 1.29 is 9.59 Å². The van der Waals surface area contributed by atoms with Crippen LogP contribution in [0.5, 0.6) is 0 Å². The molecule has 8 heteroatoms. The van der Waals surface area contributed by atoms with E-state index in [0.717, 1.165) is 11.4 Å². The van der Waals surface area contributed by atoms with E-state index in [1.165, 1.54) is 29.1 Å². The van der Waals surface area contributed by atoms with E-state index in [9.17, 15) is 9.59 Å². The molecule has 0 bridgehead atoms. The van der Waals surface area contributed by atoms with Crippen LogP contribution < -0.4 is 5.32 Å². The molecule has 0 unspecified atom stereocenters. The highest BCUT2D eigenvalue weighted by atomic mass is 32.1.